The van der Waals surface area contributed by atoms with E-state index in [1.807, 2.05) is 30.0 Å². The van der Waals surface area contributed by atoms with Crippen molar-refractivity contribution >= 4 is 17.7 Å². The number of halogens is 3. The first kappa shape index (κ1) is 35.2. The molecule has 2 saturated heterocycles. The van der Waals surface area contributed by atoms with E-state index in [9.17, 15) is 23.1 Å². The highest BCUT2D eigenvalue weighted by atomic mass is 19.4. The topological polar surface area (TPSA) is 131 Å². The lowest BCUT2D eigenvalue weighted by atomic mass is 9.71. The monoisotopic (exact) mass is 691 g/mol. The van der Waals surface area contributed by atoms with Gasteiger partial charge in [0, 0.05) is 37.0 Å². The Bertz CT molecular complexity index is 1860. The van der Waals surface area contributed by atoms with Crippen molar-refractivity contribution < 1.29 is 27.8 Å². The van der Waals surface area contributed by atoms with E-state index in [2.05, 4.69) is 47.2 Å². The number of carboxylic acid groups (broad SMARTS) is 1. The third-order valence-corrected chi connectivity index (χ3v) is 10.1. The van der Waals surface area contributed by atoms with Gasteiger partial charge in [0.05, 0.1) is 11.4 Å². The highest BCUT2D eigenvalue weighted by molar-refractivity contribution is 5.74. The molecule has 0 aliphatic carbocycles. The second-order valence-corrected chi connectivity index (χ2v) is 14.5. The molecule has 1 spiro atoms. The molecule has 2 aromatic carbocycles. The standard InChI is InChI=1S/C37H44F3N7O3/c1-6-29-36(21-27(42-29)33(48)49)13-16-46(17-14-36)30-20-31(44-34(41)43-30)50-32(37(38,39)40)26-11-10-24(19-28(26)47-15-12-22(2)45-47)23-8-7-9-25(18-23)35(3,4)5/h7-12,15,18-20,27,29,32,42H,6,13-14,16-17,21H2,1-5H3,(H,48,49)(H2,41,43,44)/t27?,29?,32-/m1/s1. The summed E-state index contributed by atoms with van der Waals surface area (Å²) >= 11 is 0. The Morgan fingerprint density at radius 2 is 1.80 bits per heavy atom. The summed E-state index contributed by atoms with van der Waals surface area (Å²) in [7, 11) is 0. The van der Waals surface area contributed by atoms with Crippen LogP contribution in [0.3, 0.4) is 0 Å². The Labute approximate surface area is 289 Å². The van der Waals surface area contributed by atoms with Crippen molar-refractivity contribution in [3.8, 4) is 22.7 Å². The van der Waals surface area contributed by atoms with Crippen LogP contribution in [0.2, 0.25) is 0 Å². The summed E-state index contributed by atoms with van der Waals surface area (Å²) in [6.45, 7) is 11.2. The smallest absolute Gasteiger partial charge is 0.429 e. The fourth-order valence-electron chi connectivity index (χ4n) is 7.41. The molecule has 3 atom stereocenters. The molecule has 2 aromatic heterocycles. The molecule has 266 valence electrons. The molecule has 6 rings (SSSR count). The van der Waals surface area contributed by atoms with Gasteiger partial charge in [0.25, 0.3) is 0 Å². The van der Waals surface area contributed by atoms with E-state index < -0.39 is 24.3 Å². The number of nitrogens with one attached hydrogen (secondary N) is 1. The number of hydrogen-bond donors (Lipinski definition) is 3. The first-order chi connectivity index (χ1) is 23.6. The van der Waals surface area contributed by atoms with E-state index in [0.29, 0.717) is 43.9 Å². The van der Waals surface area contributed by atoms with Crippen molar-refractivity contribution in [3.05, 3.63) is 77.6 Å². The van der Waals surface area contributed by atoms with Gasteiger partial charge in [0.1, 0.15) is 11.9 Å². The summed E-state index contributed by atoms with van der Waals surface area (Å²) in [5.74, 6) is -1.02. The minimum absolute atomic E-state index is 0.0641. The van der Waals surface area contributed by atoms with Crippen LogP contribution in [0, 0.1) is 12.3 Å². The first-order valence-corrected chi connectivity index (χ1v) is 17.0. The van der Waals surface area contributed by atoms with Gasteiger partial charge in [-0.25, -0.2) is 4.68 Å². The molecular weight excluding hydrogens is 647 g/mol. The van der Waals surface area contributed by atoms with Crippen LogP contribution in [0.5, 0.6) is 5.88 Å². The number of carbonyl (C=O) groups is 1. The lowest BCUT2D eigenvalue weighted by molar-refractivity contribution is -0.198. The average Bonchev–Trinajstić information content (AvgIpc) is 3.66. The van der Waals surface area contributed by atoms with Crippen LogP contribution in [-0.2, 0) is 10.2 Å². The van der Waals surface area contributed by atoms with E-state index in [1.54, 1.807) is 31.3 Å². The van der Waals surface area contributed by atoms with Crippen LogP contribution in [-0.4, -0.2) is 62.2 Å². The molecule has 0 bridgehead atoms. The van der Waals surface area contributed by atoms with Gasteiger partial charge in [-0.3, -0.25) is 4.79 Å². The first-order valence-electron chi connectivity index (χ1n) is 17.0. The van der Waals surface area contributed by atoms with Gasteiger partial charge in [-0.2, -0.15) is 28.2 Å². The summed E-state index contributed by atoms with van der Waals surface area (Å²) in [4.78, 5) is 22.1. The number of benzene rings is 2. The number of nitrogens with two attached hydrogens (primary N) is 1. The van der Waals surface area contributed by atoms with Crippen molar-refractivity contribution in [2.45, 2.75) is 90.1 Å². The predicted octanol–water partition coefficient (Wildman–Crippen LogP) is 7.01. The van der Waals surface area contributed by atoms with Gasteiger partial charge in [-0.15, -0.1) is 0 Å². The Morgan fingerprint density at radius 1 is 1.08 bits per heavy atom. The highest BCUT2D eigenvalue weighted by Gasteiger charge is 2.50. The van der Waals surface area contributed by atoms with Crippen LogP contribution in [0.4, 0.5) is 24.9 Å². The number of hydrogen-bond acceptors (Lipinski definition) is 8. The molecule has 2 aliphatic heterocycles. The third kappa shape index (κ3) is 7.14. The molecule has 10 nitrogen and oxygen atoms in total. The number of rotatable bonds is 8. The fourth-order valence-corrected chi connectivity index (χ4v) is 7.41. The Balaban J connectivity index is 1.32. The van der Waals surface area contributed by atoms with Gasteiger partial charge in [-0.05, 0) is 72.3 Å². The number of piperidine rings is 1. The number of anilines is 2. The Morgan fingerprint density at radius 3 is 2.42 bits per heavy atom. The van der Waals surface area contributed by atoms with Crippen LogP contribution in [0.1, 0.15) is 76.3 Å². The van der Waals surface area contributed by atoms with Gasteiger partial charge in [0.15, 0.2) is 0 Å². The van der Waals surface area contributed by atoms with E-state index in [0.717, 1.165) is 23.1 Å². The molecule has 0 radical (unpaired) electrons. The molecule has 4 aromatic rings. The molecule has 0 saturated carbocycles. The number of aromatic nitrogens is 4. The quantitative estimate of drug-likeness (QED) is 0.179. The zero-order chi connectivity index (χ0) is 36.0. The van der Waals surface area contributed by atoms with Crippen LogP contribution < -0.4 is 20.7 Å². The minimum atomic E-state index is -4.83. The van der Waals surface area contributed by atoms with E-state index in [-0.39, 0.29) is 40.0 Å². The second kappa shape index (κ2) is 13.2. The molecule has 4 N–H and O–H groups in total. The number of aliphatic carboxylic acids is 1. The maximum absolute atomic E-state index is 15.0. The fraction of sp³-hybridized carbons (Fsp3) is 0.459. The molecule has 2 unspecified atom stereocenters. The van der Waals surface area contributed by atoms with E-state index >= 15 is 0 Å². The third-order valence-electron chi connectivity index (χ3n) is 10.1. The second-order valence-electron chi connectivity index (χ2n) is 14.5. The van der Waals surface area contributed by atoms with Gasteiger partial charge in [0.2, 0.25) is 17.9 Å². The summed E-state index contributed by atoms with van der Waals surface area (Å²) in [6, 6.07) is 15.4. The zero-order valence-electron chi connectivity index (χ0n) is 29.0. The van der Waals surface area contributed by atoms with Crippen LogP contribution in [0.25, 0.3) is 16.8 Å². The van der Waals surface area contributed by atoms with Crippen LogP contribution >= 0.6 is 0 Å². The molecular formula is C37H44F3N7O3. The summed E-state index contributed by atoms with van der Waals surface area (Å²) in [5.41, 5.74) is 9.18. The predicted molar refractivity (Wildman–Crippen MR) is 185 cm³/mol. The van der Waals surface area contributed by atoms with Gasteiger partial charge >= 0.3 is 12.1 Å². The maximum Gasteiger partial charge on any atom is 0.429 e. The number of nitrogens with zero attached hydrogens (tertiary/aromatic N) is 5. The number of nitrogen functional groups attached to an aromatic ring is 1. The SMILES string of the molecule is CCC1NC(C(=O)O)CC12CCN(c1cc(O[C@H](c3ccc(-c4cccc(C(C)(C)C)c4)cc3-n3ccc(C)n3)C(F)(F)F)nc(N)n1)CC2. The number of aryl methyl sites for hydroxylation is 1. The van der Waals surface area contributed by atoms with Crippen molar-refractivity contribution in [1.82, 2.24) is 25.1 Å². The van der Waals surface area contributed by atoms with E-state index in [1.165, 1.54) is 16.8 Å². The Hall–Kier alpha value is -4.65. The molecule has 0 amide bonds. The molecule has 4 heterocycles. The van der Waals surface area contributed by atoms with E-state index in [4.69, 9.17) is 10.5 Å². The zero-order valence-corrected chi connectivity index (χ0v) is 29.0. The number of carboxylic acids is 1. The summed E-state index contributed by atoms with van der Waals surface area (Å²) < 4.78 is 52.1. The van der Waals surface area contributed by atoms with Crippen molar-refractivity contribution in [2.75, 3.05) is 23.7 Å². The highest BCUT2D eigenvalue weighted by Crippen LogP contribution is 2.46. The summed E-state index contributed by atoms with van der Waals surface area (Å²) in [6.07, 6.45) is -2.87. The normalized spacial score (nSPS) is 19.9. The number of alkyl halides is 3. The van der Waals surface area contributed by atoms with Crippen LogP contribution in [0.15, 0.2) is 60.8 Å². The number of ether oxygens (including phenoxy) is 1. The lowest BCUT2D eigenvalue weighted by Gasteiger charge is -2.43. The minimum Gasteiger partial charge on any atom is -0.480 e. The summed E-state index contributed by atoms with van der Waals surface area (Å²) in [5, 5.41) is 17.3. The maximum atomic E-state index is 15.0. The molecule has 2 fully saturated rings. The molecule has 50 heavy (non-hydrogen) atoms. The van der Waals surface area contributed by atoms with Gasteiger partial charge in [-0.1, -0.05) is 64.1 Å². The largest absolute Gasteiger partial charge is 0.480 e. The average molecular weight is 692 g/mol. The van der Waals surface area contributed by atoms with Crippen molar-refractivity contribution in [3.63, 3.8) is 0 Å². The van der Waals surface area contributed by atoms with Gasteiger partial charge < -0.3 is 25.8 Å². The lowest BCUT2D eigenvalue weighted by Crippen LogP contribution is -2.46. The van der Waals surface area contributed by atoms with Crippen molar-refractivity contribution in [2.24, 2.45) is 5.41 Å². The Kier molecular flexibility index (Phi) is 9.31. The molecule has 13 heteroatoms. The molecule has 2 aliphatic rings. The van der Waals surface area contributed by atoms with Crippen molar-refractivity contribution in [1.29, 1.82) is 0 Å².